The smallest absolute Gasteiger partial charge is 0.410 e. The van der Waals surface area contributed by atoms with E-state index in [-0.39, 0.29) is 12.1 Å². The predicted molar refractivity (Wildman–Crippen MR) is 68.5 cm³/mol. The van der Waals surface area contributed by atoms with E-state index in [1.54, 1.807) is 16.7 Å². The minimum absolute atomic E-state index is 0.236. The molecule has 2 aliphatic heterocycles. The lowest BCUT2D eigenvalue weighted by molar-refractivity contribution is 0.0143. The van der Waals surface area contributed by atoms with Crippen LogP contribution in [0.4, 0.5) is 4.79 Å². The van der Waals surface area contributed by atoms with E-state index in [0.29, 0.717) is 18.3 Å². The van der Waals surface area contributed by atoms with Gasteiger partial charge in [0.25, 0.3) is 0 Å². The number of hydrogen-bond acceptors (Lipinski definition) is 4. The van der Waals surface area contributed by atoms with Crippen LogP contribution in [0.1, 0.15) is 20.8 Å². The molecule has 0 aromatic carbocycles. The molecule has 1 unspecified atom stereocenters. The Morgan fingerprint density at radius 1 is 1.47 bits per heavy atom. The van der Waals surface area contributed by atoms with Crippen LogP contribution in [0.25, 0.3) is 0 Å². The number of rotatable bonds is 0. The second-order valence-corrected chi connectivity index (χ2v) is 6.40. The van der Waals surface area contributed by atoms with Gasteiger partial charge in [-0.2, -0.15) is 0 Å². The third-order valence-corrected chi connectivity index (χ3v) is 3.87. The SMILES string of the molecule is CC(C)(C)OC(=O)N1CCN2C(=N)SCC2C1. The molecule has 1 amide bonds. The van der Waals surface area contributed by atoms with E-state index in [0.717, 1.165) is 12.3 Å². The number of carbonyl (C=O) groups is 1. The number of thioether (sulfide) groups is 1. The maximum absolute atomic E-state index is 11.9. The standard InChI is InChI=1S/C11H19N3O2S/c1-11(2,3)16-10(15)13-4-5-14-8(6-13)7-17-9(14)12/h8,12H,4-7H2,1-3H3. The van der Waals surface area contributed by atoms with Crippen molar-refractivity contribution in [3.63, 3.8) is 0 Å². The lowest BCUT2D eigenvalue weighted by Gasteiger charge is -2.38. The molecule has 5 nitrogen and oxygen atoms in total. The molecule has 17 heavy (non-hydrogen) atoms. The van der Waals surface area contributed by atoms with Gasteiger partial charge in [-0.15, -0.1) is 0 Å². The van der Waals surface area contributed by atoms with Gasteiger partial charge in [0, 0.05) is 25.4 Å². The number of carbonyl (C=O) groups excluding carboxylic acids is 1. The molecule has 2 heterocycles. The Morgan fingerprint density at radius 3 is 2.82 bits per heavy atom. The van der Waals surface area contributed by atoms with E-state index in [1.807, 2.05) is 20.8 Å². The molecule has 0 saturated carbocycles. The third-order valence-electron chi connectivity index (χ3n) is 2.81. The van der Waals surface area contributed by atoms with Crippen molar-refractivity contribution in [3.05, 3.63) is 0 Å². The number of nitrogens with zero attached hydrogens (tertiary/aromatic N) is 2. The molecule has 0 bridgehead atoms. The quantitative estimate of drug-likeness (QED) is 0.716. The van der Waals surface area contributed by atoms with Gasteiger partial charge in [0.1, 0.15) is 5.60 Å². The topological polar surface area (TPSA) is 56.6 Å². The van der Waals surface area contributed by atoms with E-state index < -0.39 is 5.60 Å². The highest BCUT2D eigenvalue weighted by Crippen LogP contribution is 2.26. The number of fused-ring (bicyclic) bond motifs is 1. The van der Waals surface area contributed by atoms with Crippen molar-refractivity contribution in [3.8, 4) is 0 Å². The number of hydrogen-bond donors (Lipinski definition) is 1. The van der Waals surface area contributed by atoms with Crippen molar-refractivity contribution in [1.29, 1.82) is 5.41 Å². The van der Waals surface area contributed by atoms with Crippen molar-refractivity contribution in [2.24, 2.45) is 0 Å². The van der Waals surface area contributed by atoms with Gasteiger partial charge in [0.05, 0.1) is 6.04 Å². The minimum atomic E-state index is -0.439. The molecule has 2 saturated heterocycles. The van der Waals surface area contributed by atoms with E-state index in [2.05, 4.69) is 4.90 Å². The number of piperazine rings is 1. The molecule has 0 spiro atoms. The maximum Gasteiger partial charge on any atom is 0.410 e. The molecule has 96 valence electrons. The lowest BCUT2D eigenvalue weighted by atomic mass is 10.2. The highest BCUT2D eigenvalue weighted by molar-refractivity contribution is 8.14. The molecule has 0 aliphatic carbocycles. The summed E-state index contributed by atoms with van der Waals surface area (Å²) in [6.45, 7) is 7.70. The Balaban J connectivity index is 1.93. The zero-order chi connectivity index (χ0) is 12.6. The molecule has 1 atom stereocenters. The Labute approximate surface area is 106 Å². The summed E-state index contributed by atoms with van der Waals surface area (Å²) >= 11 is 1.56. The Hall–Kier alpha value is -0.910. The molecular weight excluding hydrogens is 238 g/mol. The number of amides is 1. The summed E-state index contributed by atoms with van der Waals surface area (Å²) < 4.78 is 5.36. The van der Waals surface area contributed by atoms with Crippen LogP contribution in [0.2, 0.25) is 0 Å². The first kappa shape index (κ1) is 12.5. The van der Waals surface area contributed by atoms with Crippen LogP contribution in [-0.4, -0.2) is 58.1 Å². The van der Waals surface area contributed by atoms with Crippen molar-refractivity contribution >= 4 is 23.0 Å². The van der Waals surface area contributed by atoms with Gasteiger partial charge in [-0.3, -0.25) is 5.41 Å². The second kappa shape index (κ2) is 4.40. The predicted octanol–water partition coefficient (Wildman–Crippen LogP) is 1.59. The fraction of sp³-hybridized carbons (Fsp3) is 0.818. The van der Waals surface area contributed by atoms with Gasteiger partial charge in [-0.1, -0.05) is 11.8 Å². The molecule has 2 rings (SSSR count). The van der Waals surface area contributed by atoms with Gasteiger partial charge in [0.2, 0.25) is 0 Å². The zero-order valence-electron chi connectivity index (χ0n) is 10.5. The van der Waals surface area contributed by atoms with Gasteiger partial charge >= 0.3 is 6.09 Å². The van der Waals surface area contributed by atoms with Crippen LogP contribution >= 0.6 is 11.8 Å². The van der Waals surface area contributed by atoms with Gasteiger partial charge < -0.3 is 14.5 Å². The van der Waals surface area contributed by atoms with Crippen LogP contribution < -0.4 is 0 Å². The first-order valence-electron chi connectivity index (χ1n) is 5.83. The highest BCUT2D eigenvalue weighted by Gasteiger charge is 2.36. The Bertz CT molecular complexity index is 340. The van der Waals surface area contributed by atoms with Gasteiger partial charge in [0.15, 0.2) is 5.17 Å². The summed E-state index contributed by atoms with van der Waals surface area (Å²) in [5.74, 6) is 0.901. The van der Waals surface area contributed by atoms with Crippen LogP contribution in [-0.2, 0) is 4.74 Å². The summed E-state index contributed by atoms with van der Waals surface area (Å²) in [4.78, 5) is 15.7. The van der Waals surface area contributed by atoms with Crippen LogP contribution in [0.3, 0.4) is 0 Å². The summed E-state index contributed by atoms with van der Waals surface area (Å²) in [7, 11) is 0. The van der Waals surface area contributed by atoms with Gasteiger partial charge in [-0.05, 0) is 20.8 Å². The Kier molecular flexibility index (Phi) is 3.25. The average molecular weight is 257 g/mol. The minimum Gasteiger partial charge on any atom is -0.444 e. The normalized spacial score (nSPS) is 24.9. The average Bonchev–Trinajstić information content (AvgIpc) is 2.57. The van der Waals surface area contributed by atoms with Crippen molar-refractivity contribution in [2.75, 3.05) is 25.4 Å². The zero-order valence-corrected chi connectivity index (χ0v) is 11.3. The van der Waals surface area contributed by atoms with E-state index >= 15 is 0 Å². The molecule has 0 aromatic heterocycles. The van der Waals surface area contributed by atoms with Crippen molar-refractivity contribution in [1.82, 2.24) is 9.80 Å². The number of amidine groups is 1. The van der Waals surface area contributed by atoms with Crippen LogP contribution in [0.5, 0.6) is 0 Å². The first-order chi connectivity index (χ1) is 7.87. The second-order valence-electron chi connectivity index (χ2n) is 5.39. The fourth-order valence-electron chi connectivity index (χ4n) is 2.02. The lowest BCUT2D eigenvalue weighted by Crippen LogP contribution is -2.54. The summed E-state index contributed by atoms with van der Waals surface area (Å²) in [5.41, 5.74) is -0.439. The third kappa shape index (κ3) is 2.86. The summed E-state index contributed by atoms with van der Waals surface area (Å²) in [5, 5.41) is 8.38. The monoisotopic (exact) mass is 257 g/mol. The molecular formula is C11H19N3O2S. The van der Waals surface area contributed by atoms with E-state index in [9.17, 15) is 4.79 Å². The fourth-order valence-corrected chi connectivity index (χ4v) is 3.06. The molecule has 0 aromatic rings. The number of nitrogens with one attached hydrogen (secondary N) is 1. The van der Waals surface area contributed by atoms with Crippen LogP contribution in [0.15, 0.2) is 0 Å². The molecule has 2 aliphatic rings. The molecule has 6 heteroatoms. The number of ether oxygens (including phenoxy) is 1. The van der Waals surface area contributed by atoms with Crippen LogP contribution in [0, 0.1) is 5.41 Å². The van der Waals surface area contributed by atoms with E-state index in [4.69, 9.17) is 10.1 Å². The molecule has 0 radical (unpaired) electrons. The summed E-state index contributed by atoms with van der Waals surface area (Å²) in [6.07, 6.45) is -0.236. The summed E-state index contributed by atoms with van der Waals surface area (Å²) in [6, 6.07) is 0.286. The van der Waals surface area contributed by atoms with Gasteiger partial charge in [-0.25, -0.2) is 4.79 Å². The Morgan fingerprint density at radius 2 is 2.18 bits per heavy atom. The molecule has 1 N–H and O–H groups in total. The largest absolute Gasteiger partial charge is 0.444 e. The first-order valence-corrected chi connectivity index (χ1v) is 6.81. The molecule has 2 fully saturated rings. The highest BCUT2D eigenvalue weighted by atomic mass is 32.2. The maximum atomic E-state index is 11.9. The van der Waals surface area contributed by atoms with Crippen molar-refractivity contribution in [2.45, 2.75) is 32.4 Å². The van der Waals surface area contributed by atoms with Crippen molar-refractivity contribution < 1.29 is 9.53 Å². The van der Waals surface area contributed by atoms with E-state index in [1.165, 1.54) is 0 Å².